The monoisotopic (exact) mass is 172 g/mol. The minimum absolute atomic E-state index is 0.551. The van der Waals surface area contributed by atoms with Crippen LogP contribution in [0.2, 0.25) is 0 Å². The van der Waals surface area contributed by atoms with Crippen LogP contribution in [0.5, 0.6) is 0 Å². The third-order valence-corrected chi connectivity index (χ3v) is 3.18. The van der Waals surface area contributed by atoms with Crippen molar-refractivity contribution in [2.45, 2.75) is 31.9 Å². The average molecular weight is 172 g/mol. The van der Waals surface area contributed by atoms with Crippen LogP contribution in [0.1, 0.15) is 27.2 Å². The Kier molecular flexibility index (Phi) is 2.88. The fourth-order valence-electron chi connectivity index (χ4n) is 0.768. The largest absolute Gasteiger partial charge is 0.501 e. The van der Waals surface area contributed by atoms with Crippen LogP contribution < -0.4 is 0 Å². The molecule has 0 aromatic heterocycles. The van der Waals surface area contributed by atoms with E-state index in [9.17, 15) is 0 Å². The molecule has 0 aromatic carbocycles. The third-order valence-electron chi connectivity index (χ3n) is 1.70. The van der Waals surface area contributed by atoms with E-state index in [0.717, 1.165) is 6.61 Å². The molecule has 0 aliphatic carbocycles. The van der Waals surface area contributed by atoms with E-state index in [2.05, 4.69) is 6.92 Å². The molecule has 0 saturated carbocycles. The Bertz CT molecular complexity index is 155. The van der Waals surface area contributed by atoms with Gasteiger partial charge in [-0.15, -0.1) is 0 Å². The zero-order chi connectivity index (χ0) is 8.32. The lowest BCUT2D eigenvalue weighted by molar-refractivity contribution is 0.236. The summed E-state index contributed by atoms with van der Waals surface area (Å²) in [6.07, 6.45) is 3.03. The molecule has 1 aliphatic heterocycles. The highest BCUT2D eigenvalue weighted by atomic mass is 32.2. The molecular weight excluding hydrogens is 156 g/mol. The Labute approximate surface area is 73.2 Å². The van der Waals surface area contributed by atoms with Gasteiger partial charge >= 0.3 is 0 Å². The van der Waals surface area contributed by atoms with Crippen LogP contribution in [0.15, 0.2) is 11.8 Å². The standard InChI is InChI=1S/C9H16OS/c1-8(2)6-10-5-4-9(3)7-11-9/h6H,4-5,7H2,1-3H3. The molecule has 2 heteroatoms. The summed E-state index contributed by atoms with van der Waals surface area (Å²) in [5, 5.41) is 0. The first-order chi connectivity index (χ1) is 5.12. The second-order valence-corrected chi connectivity index (χ2v) is 5.12. The maximum Gasteiger partial charge on any atom is 0.0886 e. The fourth-order valence-corrected chi connectivity index (χ4v) is 1.39. The Balaban J connectivity index is 2.01. The maximum absolute atomic E-state index is 5.34. The van der Waals surface area contributed by atoms with Crippen LogP contribution >= 0.6 is 11.8 Å². The highest BCUT2D eigenvalue weighted by Crippen LogP contribution is 2.46. The molecule has 1 atom stereocenters. The number of ether oxygens (including phenoxy) is 1. The third kappa shape index (κ3) is 3.71. The summed E-state index contributed by atoms with van der Waals surface area (Å²) in [4.78, 5) is 0. The Morgan fingerprint density at radius 1 is 1.64 bits per heavy atom. The SMILES string of the molecule is CC(C)=COCCC1(C)CS1. The number of hydrogen-bond donors (Lipinski definition) is 0. The average Bonchev–Trinajstić information content (AvgIpc) is 2.62. The van der Waals surface area contributed by atoms with Crippen molar-refractivity contribution in [2.75, 3.05) is 12.4 Å². The minimum Gasteiger partial charge on any atom is -0.501 e. The van der Waals surface area contributed by atoms with E-state index in [4.69, 9.17) is 4.74 Å². The van der Waals surface area contributed by atoms with Gasteiger partial charge in [0.2, 0.25) is 0 Å². The second-order valence-electron chi connectivity index (χ2n) is 3.55. The maximum atomic E-state index is 5.34. The van der Waals surface area contributed by atoms with E-state index in [1.807, 2.05) is 31.9 Å². The first-order valence-corrected chi connectivity index (χ1v) is 5.00. The number of rotatable bonds is 4. The van der Waals surface area contributed by atoms with Crippen molar-refractivity contribution in [3.63, 3.8) is 0 Å². The van der Waals surface area contributed by atoms with Crippen molar-refractivity contribution in [3.8, 4) is 0 Å². The van der Waals surface area contributed by atoms with Gasteiger partial charge in [-0.25, -0.2) is 0 Å². The molecule has 0 bridgehead atoms. The van der Waals surface area contributed by atoms with Gasteiger partial charge in [-0.1, -0.05) is 0 Å². The van der Waals surface area contributed by atoms with Gasteiger partial charge in [-0.3, -0.25) is 0 Å². The minimum atomic E-state index is 0.551. The molecule has 11 heavy (non-hydrogen) atoms. The molecule has 0 amide bonds. The molecule has 64 valence electrons. The summed E-state index contributed by atoms with van der Waals surface area (Å²) in [7, 11) is 0. The molecule has 1 rings (SSSR count). The van der Waals surface area contributed by atoms with Crippen molar-refractivity contribution >= 4 is 11.8 Å². The lowest BCUT2D eigenvalue weighted by Gasteiger charge is -2.05. The predicted molar refractivity (Wildman–Crippen MR) is 50.9 cm³/mol. The zero-order valence-corrected chi connectivity index (χ0v) is 8.33. The molecule has 1 fully saturated rings. The van der Waals surface area contributed by atoms with Crippen LogP contribution in [0.4, 0.5) is 0 Å². The normalized spacial score (nSPS) is 27.9. The summed E-state index contributed by atoms with van der Waals surface area (Å²) in [6, 6.07) is 0. The number of thioether (sulfide) groups is 1. The summed E-state index contributed by atoms with van der Waals surface area (Å²) in [6.45, 7) is 7.26. The molecule has 0 N–H and O–H groups in total. The summed E-state index contributed by atoms with van der Waals surface area (Å²) in [5.74, 6) is 1.31. The molecule has 1 heterocycles. The van der Waals surface area contributed by atoms with Gasteiger partial charge in [0.1, 0.15) is 0 Å². The quantitative estimate of drug-likeness (QED) is 0.366. The molecule has 1 saturated heterocycles. The summed E-state index contributed by atoms with van der Waals surface area (Å²) >= 11 is 2.03. The smallest absolute Gasteiger partial charge is 0.0886 e. The molecule has 0 radical (unpaired) electrons. The second kappa shape index (κ2) is 3.53. The van der Waals surface area contributed by atoms with Crippen LogP contribution in [-0.4, -0.2) is 17.1 Å². The summed E-state index contributed by atoms with van der Waals surface area (Å²) in [5.41, 5.74) is 1.23. The molecule has 0 aromatic rings. The summed E-state index contributed by atoms with van der Waals surface area (Å²) < 4.78 is 5.89. The van der Waals surface area contributed by atoms with Crippen LogP contribution in [-0.2, 0) is 4.74 Å². The highest BCUT2D eigenvalue weighted by molar-refractivity contribution is 8.07. The van der Waals surface area contributed by atoms with Crippen molar-refractivity contribution in [1.82, 2.24) is 0 Å². The van der Waals surface area contributed by atoms with Gasteiger partial charge in [-0.2, -0.15) is 11.8 Å². The first-order valence-electron chi connectivity index (χ1n) is 4.01. The van der Waals surface area contributed by atoms with Crippen molar-refractivity contribution in [3.05, 3.63) is 11.8 Å². The molecule has 1 unspecified atom stereocenters. The Hall–Kier alpha value is -0.110. The lowest BCUT2D eigenvalue weighted by Crippen LogP contribution is -2.05. The van der Waals surface area contributed by atoms with E-state index >= 15 is 0 Å². The van der Waals surface area contributed by atoms with Gasteiger partial charge in [0.15, 0.2) is 0 Å². The molecule has 0 spiro atoms. The van der Waals surface area contributed by atoms with Crippen LogP contribution in [0.25, 0.3) is 0 Å². The molecular formula is C9H16OS. The van der Waals surface area contributed by atoms with E-state index in [1.54, 1.807) is 0 Å². The van der Waals surface area contributed by atoms with Gasteiger partial charge in [0.05, 0.1) is 12.9 Å². The van der Waals surface area contributed by atoms with Gasteiger partial charge in [-0.05, 0) is 32.8 Å². The molecule has 1 nitrogen and oxygen atoms in total. The highest BCUT2D eigenvalue weighted by Gasteiger charge is 2.37. The first kappa shape index (κ1) is 8.98. The van der Waals surface area contributed by atoms with Gasteiger partial charge in [0, 0.05) is 10.5 Å². The predicted octanol–water partition coefficient (Wildman–Crippen LogP) is 2.82. The van der Waals surface area contributed by atoms with Crippen molar-refractivity contribution in [2.24, 2.45) is 0 Å². The molecule has 1 aliphatic rings. The van der Waals surface area contributed by atoms with Gasteiger partial charge < -0.3 is 4.74 Å². The zero-order valence-electron chi connectivity index (χ0n) is 7.52. The Morgan fingerprint density at radius 2 is 2.27 bits per heavy atom. The van der Waals surface area contributed by atoms with Crippen LogP contribution in [0, 0.1) is 0 Å². The van der Waals surface area contributed by atoms with E-state index in [0.29, 0.717) is 4.75 Å². The van der Waals surface area contributed by atoms with Gasteiger partial charge in [0.25, 0.3) is 0 Å². The topological polar surface area (TPSA) is 9.23 Å². The van der Waals surface area contributed by atoms with E-state index in [-0.39, 0.29) is 0 Å². The lowest BCUT2D eigenvalue weighted by atomic mass is 10.1. The van der Waals surface area contributed by atoms with E-state index in [1.165, 1.54) is 17.7 Å². The van der Waals surface area contributed by atoms with Crippen LogP contribution in [0.3, 0.4) is 0 Å². The Morgan fingerprint density at radius 3 is 2.73 bits per heavy atom. The van der Waals surface area contributed by atoms with Crippen molar-refractivity contribution < 1.29 is 4.74 Å². The number of allylic oxidation sites excluding steroid dienone is 1. The fraction of sp³-hybridized carbons (Fsp3) is 0.778. The van der Waals surface area contributed by atoms with Crippen molar-refractivity contribution in [1.29, 1.82) is 0 Å². The number of hydrogen-bond acceptors (Lipinski definition) is 2. The van der Waals surface area contributed by atoms with E-state index < -0.39 is 0 Å².